The highest BCUT2D eigenvalue weighted by Crippen LogP contribution is 2.66. The monoisotopic (exact) mass is 1260 g/mol. The number of nitrogens with zero attached hydrogens (tertiary/aromatic N) is 2. The molecule has 5 heterocycles. The summed E-state index contributed by atoms with van der Waals surface area (Å²) in [7, 11) is 0. The molecule has 2 aliphatic heterocycles. The Bertz CT molecular complexity index is 3600. The molecule has 4 nitrogen and oxygen atoms in total. The summed E-state index contributed by atoms with van der Waals surface area (Å²) >= 11 is 0. The summed E-state index contributed by atoms with van der Waals surface area (Å²) in [5.41, 5.74) is -17.8. The second kappa shape index (κ2) is 19.5. The van der Waals surface area contributed by atoms with E-state index in [0.717, 1.165) is 48.5 Å². The van der Waals surface area contributed by atoms with Crippen LogP contribution in [0.3, 0.4) is 0 Å². The van der Waals surface area contributed by atoms with Gasteiger partial charge in [-0.05, 0) is 59.7 Å². The Kier molecular flexibility index (Phi) is 14.9. The first-order valence-corrected chi connectivity index (χ1v) is 21.9. The number of H-pyrrole nitrogens is 2. The van der Waals surface area contributed by atoms with Crippen LogP contribution < -0.4 is 0 Å². The molecule has 0 amide bonds. The van der Waals surface area contributed by atoms with Crippen LogP contribution in [0.15, 0.2) is 90.8 Å². The minimum absolute atomic E-state index is 0.0664. The number of hydrogen-bond acceptors (Lipinski definition) is 2. The second-order valence-electron chi connectivity index (χ2n) is 17.8. The van der Waals surface area contributed by atoms with Gasteiger partial charge in [0.25, 0.3) is 0 Å². The summed E-state index contributed by atoms with van der Waals surface area (Å²) in [5.74, 6) is -110. The maximum Gasteiger partial charge on any atom is 0.460 e. The number of halogens is 32. The molecular weight excluding hydrogens is 1240 g/mol. The van der Waals surface area contributed by atoms with Crippen molar-refractivity contribution in [2.75, 3.05) is 0 Å². The van der Waals surface area contributed by atoms with E-state index in [1.165, 1.54) is 12.1 Å². The molecule has 456 valence electrons. The third-order valence-corrected chi connectivity index (χ3v) is 12.5. The summed E-state index contributed by atoms with van der Waals surface area (Å²) in [6, 6.07) is 11.8. The number of rotatable bonds is 15. The van der Waals surface area contributed by atoms with Gasteiger partial charge in [-0.15, -0.1) is 0 Å². The zero-order valence-corrected chi connectivity index (χ0v) is 39.4. The van der Waals surface area contributed by atoms with Crippen molar-refractivity contribution in [3.05, 3.63) is 125 Å². The minimum atomic E-state index is -9.05. The molecule has 8 bridgehead atoms. The van der Waals surface area contributed by atoms with Crippen molar-refractivity contribution in [1.82, 2.24) is 19.9 Å². The van der Waals surface area contributed by atoms with Gasteiger partial charge in [-0.1, -0.05) is 60.7 Å². The molecule has 3 aromatic heterocycles. The molecule has 2 N–H and O–H groups in total. The molecule has 0 radical (unpaired) electrons. The number of hydrogen-bond donors (Lipinski definition) is 2. The van der Waals surface area contributed by atoms with Gasteiger partial charge in [0.15, 0.2) is 5.83 Å². The molecule has 5 aromatic rings. The zero-order valence-electron chi connectivity index (χ0n) is 39.4. The molecule has 0 spiro atoms. The average Bonchev–Trinajstić information content (AvgIpc) is 1.47. The van der Waals surface area contributed by atoms with E-state index >= 15 is 61.5 Å². The first kappa shape index (κ1) is 64.1. The number of benzene rings is 2. The number of alkyl halides is 30. The van der Waals surface area contributed by atoms with Crippen LogP contribution in [0.1, 0.15) is 33.9 Å². The van der Waals surface area contributed by atoms with Gasteiger partial charge in [0.2, 0.25) is 5.83 Å². The van der Waals surface area contributed by atoms with Crippen LogP contribution in [0.25, 0.3) is 74.5 Å². The van der Waals surface area contributed by atoms with E-state index in [4.69, 9.17) is 0 Å². The molecule has 84 heavy (non-hydrogen) atoms. The van der Waals surface area contributed by atoms with E-state index in [2.05, 4.69) is 15.0 Å². The molecule has 0 aliphatic carbocycles. The van der Waals surface area contributed by atoms with Gasteiger partial charge >= 0.3 is 83.4 Å². The molecule has 36 heteroatoms. The van der Waals surface area contributed by atoms with Gasteiger partial charge in [-0.3, -0.25) is 0 Å². The van der Waals surface area contributed by atoms with Crippen molar-refractivity contribution in [2.24, 2.45) is 0 Å². The van der Waals surface area contributed by atoms with Crippen LogP contribution in [-0.4, -0.2) is 97.4 Å². The van der Waals surface area contributed by atoms with E-state index in [9.17, 15) is 79.0 Å². The molecule has 0 fully saturated rings. The fraction of sp³-hybridized carbons (Fsp3) is 0.292. The smallest absolute Gasteiger partial charge is 0.354 e. The topological polar surface area (TPSA) is 57.4 Å². The maximum absolute atomic E-state index is 16.8. The van der Waals surface area contributed by atoms with E-state index in [1.54, 1.807) is 0 Å². The van der Waals surface area contributed by atoms with Gasteiger partial charge in [0, 0.05) is 22.2 Å². The largest absolute Gasteiger partial charge is 0.460 e. The first-order valence-electron chi connectivity index (χ1n) is 21.9. The minimum Gasteiger partial charge on any atom is -0.354 e. The molecule has 0 saturated carbocycles. The number of nitrogens with one attached hydrogen (secondary N) is 2. The first-order chi connectivity index (χ1) is 37.9. The Balaban J connectivity index is 1.62. The van der Waals surface area contributed by atoms with Crippen molar-refractivity contribution in [1.29, 1.82) is 0 Å². The van der Waals surface area contributed by atoms with E-state index in [0.29, 0.717) is 36.4 Å². The van der Waals surface area contributed by atoms with Crippen molar-refractivity contribution < 1.29 is 140 Å². The summed E-state index contributed by atoms with van der Waals surface area (Å²) in [5, 5.41) is 0. The number of fused-ring (bicyclic) bond motifs is 8. The predicted molar refractivity (Wildman–Crippen MR) is 229 cm³/mol. The third-order valence-electron chi connectivity index (χ3n) is 12.5. The number of aromatic amines is 2. The van der Waals surface area contributed by atoms with Crippen LogP contribution in [0.5, 0.6) is 0 Å². The Morgan fingerprint density at radius 1 is 0.310 bits per heavy atom. The Morgan fingerprint density at radius 2 is 0.619 bits per heavy atom. The van der Waals surface area contributed by atoms with Crippen LogP contribution in [0.4, 0.5) is 140 Å². The maximum atomic E-state index is 16.8. The van der Waals surface area contributed by atoms with Crippen molar-refractivity contribution in [2.45, 2.75) is 83.4 Å². The van der Waals surface area contributed by atoms with Gasteiger partial charge in [0.1, 0.15) is 0 Å². The normalized spacial score (nSPS) is 15.5. The molecule has 7 rings (SSSR count). The molecule has 2 aliphatic rings. The molecule has 0 saturated heterocycles. The summed E-state index contributed by atoms with van der Waals surface area (Å²) in [4.78, 5) is 11.2. The van der Waals surface area contributed by atoms with Gasteiger partial charge < -0.3 is 9.97 Å². The number of aromatic nitrogens is 4. The summed E-state index contributed by atoms with van der Waals surface area (Å²) < 4.78 is 467. The fourth-order valence-electron chi connectivity index (χ4n) is 8.06. The average molecular weight is 1260 g/mol. The molecule has 0 unspecified atom stereocenters. The van der Waals surface area contributed by atoms with Crippen molar-refractivity contribution in [3.63, 3.8) is 0 Å². The zero-order chi connectivity index (χ0) is 63.8. The predicted octanol–water partition coefficient (Wildman–Crippen LogP) is 18.8. The highest BCUT2D eigenvalue weighted by atomic mass is 19.4. The quantitative estimate of drug-likeness (QED) is 0.101. The lowest BCUT2D eigenvalue weighted by molar-refractivity contribution is -0.462. The lowest BCUT2D eigenvalue weighted by Gasteiger charge is -2.42. The van der Waals surface area contributed by atoms with Crippen LogP contribution in [0, 0.1) is 0 Å². The lowest BCUT2D eigenvalue weighted by Crippen LogP contribution is -2.74. The molecule has 2 aromatic carbocycles. The van der Waals surface area contributed by atoms with Crippen molar-refractivity contribution >= 4 is 52.2 Å². The van der Waals surface area contributed by atoms with Crippen LogP contribution >= 0.6 is 0 Å². The highest BCUT2D eigenvalue weighted by Gasteiger charge is 2.96. The van der Waals surface area contributed by atoms with Crippen LogP contribution in [0.2, 0.25) is 0 Å². The van der Waals surface area contributed by atoms with Gasteiger partial charge in [0.05, 0.1) is 44.9 Å². The lowest BCUT2D eigenvalue weighted by atomic mass is 9.86. The number of allylic oxidation sites excluding steroid dienone is 1. The molecule has 0 atom stereocenters. The van der Waals surface area contributed by atoms with E-state index < -0.39 is 173 Å². The van der Waals surface area contributed by atoms with Gasteiger partial charge in [-0.2, -0.15) is 132 Å². The fourth-order valence-corrected chi connectivity index (χ4v) is 8.06. The molecular formula is C48H20F32N4. The highest BCUT2D eigenvalue weighted by molar-refractivity contribution is 5.96. The standard InChI is InChI=1S/C48H20F32N4/c49-33(34(50)36(53,54)38(57,58)40(61,62)43(67,68)45(71,72)47(75,76)77)31-25-13-11-21(81-25)29(19-7-3-1-4-8-19)23-15-17-27(83-23)32(28-18-16-24(84-28)30(20-9-5-2-6-10-20)22-12-14-26(31)82-22)35(51,52)37(55,56)39(59,60)41(63,64)42(65,66)44(69,70)46(73,74)48(78,79)80/h1-18,81,84H/b29-21?,29-23?,30-22?,30-24?,31-25?,31-26?,32-27?,32-28?,34-33+. The summed E-state index contributed by atoms with van der Waals surface area (Å²) in [6.07, 6.45) is -14.7. The van der Waals surface area contributed by atoms with Crippen LogP contribution in [-0.2, 0) is 5.92 Å². The second-order valence-corrected chi connectivity index (χ2v) is 17.8. The Hall–Kier alpha value is -7.46. The third kappa shape index (κ3) is 8.92. The van der Waals surface area contributed by atoms with Gasteiger partial charge in [-0.25, -0.2) is 18.7 Å². The van der Waals surface area contributed by atoms with E-state index in [-0.39, 0.29) is 12.1 Å². The van der Waals surface area contributed by atoms with Crippen molar-refractivity contribution in [3.8, 4) is 22.3 Å². The Morgan fingerprint density at radius 3 is 1.02 bits per heavy atom. The Labute approximate surface area is 442 Å². The summed E-state index contributed by atoms with van der Waals surface area (Å²) in [6.45, 7) is 0. The van der Waals surface area contributed by atoms with E-state index in [1.807, 2.05) is 4.98 Å². The SMILES string of the molecule is F/C(=C(/F)C(F)(F)C(F)(F)C(F)(F)C(F)(F)C(F)(F)C(F)(F)F)c1c2nc(c(-c3ccccc3)c3ccc([nH]3)c(C(F)(F)C(F)(F)C(F)(F)C(F)(F)C(F)(F)C(F)(F)C(F)(F)C(F)(F)F)c3nc(c(-c4ccccc4)c4ccc1[nH]4)C=C3)C=C2.